The van der Waals surface area contributed by atoms with Crippen LogP contribution in [0.2, 0.25) is 0 Å². The van der Waals surface area contributed by atoms with Gasteiger partial charge in [0.05, 0.1) is 0 Å². The van der Waals surface area contributed by atoms with Crippen LogP contribution in [0.3, 0.4) is 0 Å². The molecule has 0 N–H and O–H groups in total. The molecule has 4 rings (SSSR count). The van der Waals surface area contributed by atoms with Gasteiger partial charge >= 0.3 is 23.1 Å². The number of rotatable bonds is 4. The summed E-state index contributed by atoms with van der Waals surface area (Å²) in [5.74, 6) is -0.271. The molecule has 0 saturated heterocycles. The molecule has 0 heterocycles. The fourth-order valence-corrected chi connectivity index (χ4v) is 4.29. The zero-order chi connectivity index (χ0) is 19.5. The van der Waals surface area contributed by atoms with Gasteiger partial charge in [-0.05, 0) is 45.3 Å². The van der Waals surface area contributed by atoms with E-state index in [1.54, 1.807) is 12.1 Å². The summed E-state index contributed by atoms with van der Waals surface area (Å²) < 4.78 is 0. The van der Waals surface area contributed by atoms with Gasteiger partial charge in [0, 0.05) is 9.79 Å². The molecule has 0 spiro atoms. The Morgan fingerprint density at radius 2 is 1.14 bits per heavy atom. The zero-order valence-electron chi connectivity index (χ0n) is 15.5. The summed E-state index contributed by atoms with van der Waals surface area (Å²) in [7, 11) is 0. The molecule has 4 aromatic carbocycles. The Morgan fingerprint density at radius 1 is 0.586 bits per heavy atom. The molecule has 0 saturated carbocycles. The molecule has 29 heavy (non-hydrogen) atoms. The van der Waals surface area contributed by atoms with Gasteiger partial charge in [-0.15, -0.1) is 12.6 Å². The second-order valence-electron chi connectivity index (χ2n) is 6.32. The molecule has 138 valence electrons. The minimum Gasteiger partial charge on any atom is -0.872 e. The van der Waals surface area contributed by atoms with Crippen molar-refractivity contribution in [3.63, 3.8) is 0 Å². The van der Waals surface area contributed by atoms with E-state index in [1.165, 1.54) is 11.8 Å². The topological polar surface area (TPSA) is 46.1 Å². The standard InChI is InChI=1S/C24H18O2S2.Mg/c25-20-12-11-18(16-7-3-1-4-8-16)14-22(20)28-23-15-19(13-21(27)24(23)26)17-9-5-2-6-10-17;/h1-15,25-27H;/q;+2/p-2. The summed E-state index contributed by atoms with van der Waals surface area (Å²) in [6.07, 6.45) is 0. The first-order valence-corrected chi connectivity index (χ1v) is 10.0. The maximum absolute atomic E-state index is 12.6. The van der Waals surface area contributed by atoms with Gasteiger partial charge < -0.3 is 10.2 Å². The van der Waals surface area contributed by atoms with Crippen molar-refractivity contribution in [3.8, 4) is 33.8 Å². The van der Waals surface area contributed by atoms with Crippen LogP contribution >= 0.6 is 24.4 Å². The van der Waals surface area contributed by atoms with E-state index in [2.05, 4.69) is 12.6 Å². The Hall–Kier alpha value is -2.05. The molecule has 0 bridgehead atoms. The Morgan fingerprint density at radius 3 is 1.76 bits per heavy atom. The van der Waals surface area contributed by atoms with E-state index in [0.29, 0.717) is 14.7 Å². The molecule has 0 radical (unpaired) electrons. The Kier molecular flexibility index (Phi) is 7.19. The molecule has 0 fully saturated rings. The first-order valence-electron chi connectivity index (χ1n) is 8.75. The summed E-state index contributed by atoms with van der Waals surface area (Å²) in [4.78, 5) is 1.39. The van der Waals surface area contributed by atoms with E-state index in [9.17, 15) is 10.2 Å². The second-order valence-corrected chi connectivity index (χ2v) is 7.88. The van der Waals surface area contributed by atoms with Gasteiger partial charge in [0.15, 0.2) is 0 Å². The fourth-order valence-electron chi connectivity index (χ4n) is 2.98. The molecular formula is C24H16MgO2S2. The third-order valence-corrected chi connectivity index (χ3v) is 5.81. The first-order chi connectivity index (χ1) is 13.6. The van der Waals surface area contributed by atoms with E-state index in [4.69, 9.17) is 0 Å². The van der Waals surface area contributed by atoms with Crippen LogP contribution in [0.15, 0.2) is 106 Å². The number of hydrogen-bond donors (Lipinski definition) is 1. The summed E-state index contributed by atoms with van der Waals surface area (Å²) in [6, 6.07) is 28.5. The van der Waals surface area contributed by atoms with Crippen molar-refractivity contribution in [2.75, 3.05) is 0 Å². The van der Waals surface area contributed by atoms with Crippen LogP contribution in [-0.4, -0.2) is 23.1 Å². The monoisotopic (exact) mass is 424 g/mol. The van der Waals surface area contributed by atoms with E-state index in [1.807, 2.05) is 78.9 Å². The summed E-state index contributed by atoms with van der Waals surface area (Å²) >= 11 is 5.55. The molecule has 0 unspecified atom stereocenters. The van der Waals surface area contributed by atoms with Crippen molar-refractivity contribution in [1.29, 1.82) is 0 Å². The Labute approximate surface area is 196 Å². The third-order valence-electron chi connectivity index (χ3n) is 4.41. The van der Waals surface area contributed by atoms with Crippen LogP contribution in [0.25, 0.3) is 22.3 Å². The molecule has 0 aliphatic carbocycles. The zero-order valence-corrected chi connectivity index (χ0v) is 18.7. The fraction of sp³-hybridized carbons (Fsp3) is 0. The van der Waals surface area contributed by atoms with E-state index in [0.717, 1.165) is 22.3 Å². The maximum atomic E-state index is 12.6. The third kappa shape index (κ3) is 4.93. The minimum absolute atomic E-state index is 0. The minimum atomic E-state index is -0.169. The number of thiol groups is 1. The summed E-state index contributed by atoms with van der Waals surface area (Å²) in [5.41, 5.74) is 3.87. The van der Waals surface area contributed by atoms with E-state index >= 15 is 0 Å². The van der Waals surface area contributed by atoms with Crippen molar-refractivity contribution in [2.24, 2.45) is 0 Å². The van der Waals surface area contributed by atoms with Crippen LogP contribution in [0.5, 0.6) is 11.5 Å². The molecule has 5 heteroatoms. The number of benzene rings is 4. The van der Waals surface area contributed by atoms with Gasteiger partial charge in [-0.1, -0.05) is 96.1 Å². The van der Waals surface area contributed by atoms with Crippen LogP contribution < -0.4 is 10.2 Å². The predicted molar refractivity (Wildman–Crippen MR) is 120 cm³/mol. The predicted octanol–water partition coefficient (Wildman–Crippen LogP) is 5.23. The molecule has 0 aliphatic heterocycles. The van der Waals surface area contributed by atoms with E-state index in [-0.39, 0.29) is 34.6 Å². The maximum Gasteiger partial charge on any atom is 2.00 e. The van der Waals surface area contributed by atoms with Gasteiger partial charge in [-0.3, -0.25) is 0 Å². The molecule has 2 nitrogen and oxygen atoms in total. The van der Waals surface area contributed by atoms with Gasteiger partial charge in [-0.25, -0.2) is 0 Å². The summed E-state index contributed by atoms with van der Waals surface area (Å²) in [5, 5.41) is 25.0. The average Bonchev–Trinajstić information content (AvgIpc) is 2.74. The van der Waals surface area contributed by atoms with Crippen molar-refractivity contribution < 1.29 is 10.2 Å². The quantitative estimate of drug-likeness (QED) is 0.360. The van der Waals surface area contributed by atoms with Crippen LogP contribution in [0.4, 0.5) is 0 Å². The van der Waals surface area contributed by atoms with Crippen molar-refractivity contribution >= 4 is 47.4 Å². The van der Waals surface area contributed by atoms with Crippen molar-refractivity contribution in [3.05, 3.63) is 91.0 Å². The van der Waals surface area contributed by atoms with Crippen molar-refractivity contribution in [1.82, 2.24) is 0 Å². The number of hydrogen-bond acceptors (Lipinski definition) is 4. The van der Waals surface area contributed by atoms with Crippen LogP contribution in [0, 0.1) is 0 Å². The normalized spacial score (nSPS) is 10.4. The van der Waals surface area contributed by atoms with Gasteiger partial charge in [0.1, 0.15) is 0 Å². The van der Waals surface area contributed by atoms with Crippen molar-refractivity contribution in [2.45, 2.75) is 14.7 Å². The van der Waals surface area contributed by atoms with Gasteiger partial charge in [0.25, 0.3) is 0 Å². The molecule has 0 aliphatic rings. The molecule has 0 aromatic heterocycles. The smallest absolute Gasteiger partial charge is 0.872 e. The summed E-state index contributed by atoms with van der Waals surface area (Å²) in [6.45, 7) is 0. The second kappa shape index (κ2) is 9.63. The average molecular weight is 425 g/mol. The van der Waals surface area contributed by atoms with Gasteiger partial charge in [0.2, 0.25) is 0 Å². The SMILES string of the molecule is [Mg+2].[O-]c1ccc(-c2ccccc2)cc1Sc1cc(-c2ccccc2)cc(S)c1[O-]. The Bertz CT molecular complexity index is 1120. The van der Waals surface area contributed by atoms with Gasteiger partial charge in [-0.2, -0.15) is 0 Å². The molecular weight excluding hydrogens is 409 g/mol. The molecule has 0 amide bonds. The van der Waals surface area contributed by atoms with Crippen LogP contribution in [-0.2, 0) is 0 Å². The Balaban J connectivity index is 0.00000240. The largest absolute Gasteiger partial charge is 2.00 e. The molecule has 0 atom stereocenters. The molecule has 4 aromatic rings. The van der Waals surface area contributed by atoms with E-state index < -0.39 is 0 Å². The first kappa shape index (κ1) is 21.7. The van der Waals surface area contributed by atoms with Crippen LogP contribution in [0.1, 0.15) is 0 Å².